The molecule has 1 heterocycles. The number of hydrogen-bond donors (Lipinski definition) is 1. The molecule has 0 bridgehead atoms. The maximum absolute atomic E-state index is 13.4. The number of rotatable bonds is 1. The van der Waals surface area contributed by atoms with E-state index in [2.05, 4.69) is 26.2 Å². The quantitative estimate of drug-likeness (QED) is 0.802. The Kier molecular flexibility index (Phi) is 3.85. The first-order chi connectivity index (χ1) is 9.17. The zero-order valence-electron chi connectivity index (χ0n) is 10.6. The molecule has 2 aliphatic rings. The van der Waals surface area contributed by atoms with E-state index in [4.69, 9.17) is 0 Å². The van der Waals surface area contributed by atoms with Crippen LogP contribution >= 0.6 is 27.7 Å². The highest BCUT2D eigenvalue weighted by atomic mass is 79.9. The van der Waals surface area contributed by atoms with Crippen molar-refractivity contribution in [3.05, 3.63) is 28.5 Å². The van der Waals surface area contributed by atoms with Crippen molar-refractivity contribution < 1.29 is 4.39 Å². The molecule has 0 amide bonds. The molecule has 2 nitrogen and oxygen atoms in total. The second-order valence-corrected chi connectivity index (χ2v) is 7.19. The van der Waals surface area contributed by atoms with Crippen LogP contribution in [-0.2, 0) is 0 Å². The fourth-order valence-electron chi connectivity index (χ4n) is 2.75. The lowest BCUT2D eigenvalue weighted by atomic mass is 9.89. The fraction of sp³-hybridized carbons (Fsp3) is 0.500. The lowest BCUT2D eigenvalue weighted by molar-refractivity contribution is 0.359. The molecule has 0 unspecified atom stereocenters. The van der Waals surface area contributed by atoms with E-state index < -0.39 is 0 Å². The molecule has 1 fully saturated rings. The molecule has 1 aliphatic carbocycles. The lowest BCUT2D eigenvalue weighted by Crippen LogP contribution is -2.30. The van der Waals surface area contributed by atoms with E-state index in [0.717, 1.165) is 23.2 Å². The van der Waals surface area contributed by atoms with Gasteiger partial charge in [-0.25, -0.2) is 4.39 Å². The number of thioether (sulfide) groups is 1. The number of amidine groups is 1. The second kappa shape index (κ2) is 5.44. The molecule has 3 rings (SSSR count). The maximum Gasteiger partial charge on any atom is 0.161 e. The fourth-order valence-corrected chi connectivity index (χ4v) is 4.17. The molecule has 1 aromatic carbocycles. The van der Waals surface area contributed by atoms with Gasteiger partial charge >= 0.3 is 0 Å². The van der Waals surface area contributed by atoms with Gasteiger partial charge in [0, 0.05) is 18.0 Å². The molecule has 0 radical (unpaired) electrons. The molecule has 1 spiro atoms. The molecule has 19 heavy (non-hydrogen) atoms. The molecule has 1 N–H and O–H groups in total. The number of nitrogens with zero attached hydrogens (tertiary/aromatic N) is 1. The summed E-state index contributed by atoms with van der Waals surface area (Å²) in [7, 11) is 0. The summed E-state index contributed by atoms with van der Waals surface area (Å²) >= 11 is 4.93. The molecule has 102 valence electrons. The van der Waals surface area contributed by atoms with Crippen molar-refractivity contribution in [3.8, 4) is 0 Å². The monoisotopic (exact) mass is 342 g/mol. The number of halogens is 2. The van der Waals surface area contributed by atoms with Crippen LogP contribution in [0.25, 0.3) is 0 Å². The first-order valence-corrected chi connectivity index (χ1v) is 8.34. The van der Waals surface area contributed by atoms with Gasteiger partial charge in [-0.15, -0.1) is 0 Å². The van der Waals surface area contributed by atoms with Gasteiger partial charge in [-0.2, -0.15) is 0 Å². The smallest absolute Gasteiger partial charge is 0.161 e. The molecule has 0 saturated heterocycles. The van der Waals surface area contributed by atoms with Gasteiger partial charge in [-0.3, -0.25) is 4.99 Å². The summed E-state index contributed by atoms with van der Waals surface area (Å²) in [6.07, 6.45) is 5.31. The summed E-state index contributed by atoms with van der Waals surface area (Å²) in [5.74, 6) is 0.886. The van der Waals surface area contributed by atoms with Crippen LogP contribution in [-0.4, -0.2) is 17.5 Å². The van der Waals surface area contributed by atoms with Gasteiger partial charge in [-0.05, 0) is 52.4 Å². The highest BCUT2D eigenvalue weighted by Gasteiger charge is 2.36. The Bertz CT molecular complexity index is 512. The van der Waals surface area contributed by atoms with E-state index in [9.17, 15) is 4.39 Å². The number of aliphatic imine (C=N–C) groups is 1. The molecule has 1 aliphatic heterocycles. The van der Waals surface area contributed by atoms with Crippen LogP contribution in [0.5, 0.6) is 0 Å². The van der Waals surface area contributed by atoms with E-state index in [1.54, 1.807) is 17.8 Å². The normalized spacial score (nSPS) is 21.5. The van der Waals surface area contributed by atoms with E-state index in [0.29, 0.717) is 9.89 Å². The van der Waals surface area contributed by atoms with E-state index in [1.165, 1.54) is 31.7 Å². The topological polar surface area (TPSA) is 24.4 Å². The Labute approximate surface area is 125 Å². The third-order valence-electron chi connectivity index (χ3n) is 3.91. The minimum absolute atomic E-state index is 0.251. The van der Waals surface area contributed by atoms with Crippen molar-refractivity contribution in [3.63, 3.8) is 0 Å². The van der Waals surface area contributed by atoms with Crippen LogP contribution in [0.2, 0.25) is 0 Å². The summed E-state index contributed by atoms with van der Waals surface area (Å²) in [4.78, 5) is 4.65. The van der Waals surface area contributed by atoms with Crippen molar-refractivity contribution in [2.45, 2.75) is 25.7 Å². The minimum atomic E-state index is -0.251. The highest BCUT2D eigenvalue weighted by Crippen LogP contribution is 2.43. The third kappa shape index (κ3) is 2.97. The summed E-state index contributed by atoms with van der Waals surface area (Å²) in [5, 5.41) is 4.12. The zero-order valence-corrected chi connectivity index (χ0v) is 13.0. The Morgan fingerprint density at radius 3 is 2.74 bits per heavy atom. The molecular formula is C14H16BrFN2S. The highest BCUT2D eigenvalue weighted by molar-refractivity contribution is 9.10. The standard InChI is InChI=1S/C14H16BrFN2S/c15-11-4-3-10(7-12(11)16)18-13-17-8-14(9-19-13)5-1-2-6-14/h3-4,7H,1-2,5-6,8-9H2,(H,17,18). The molecule has 1 saturated carbocycles. The van der Waals surface area contributed by atoms with Crippen LogP contribution in [0, 0.1) is 11.2 Å². The van der Waals surface area contributed by atoms with E-state index >= 15 is 0 Å². The minimum Gasteiger partial charge on any atom is -0.335 e. The van der Waals surface area contributed by atoms with Gasteiger partial charge in [0.1, 0.15) is 5.82 Å². The summed E-state index contributed by atoms with van der Waals surface area (Å²) in [6, 6.07) is 5.06. The Morgan fingerprint density at radius 2 is 2.11 bits per heavy atom. The number of nitrogens with one attached hydrogen (secondary N) is 1. The molecular weight excluding hydrogens is 327 g/mol. The zero-order chi connectivity index (χ0) is 13.3. The van der Waals surface area contributed by atoms with Crippen LogP contribution < -0.4 is 5.32 Å². The number of hydrogen-bond acceptors (Lipinski definition) is 3. The van der Waals surface area contributed by atoms with E-state index in [-0.39, 0.29) is 5.82 Å². The van der Waals surface area contributed by atoms with Gasteiger partial charge in [0.2, 0.25) is 0 Å². The van der Waals surface area contributed by atoms with Crippen molar-refractivity contribution >= 4 is 38.5 Å². The number of anilines is 1. The first kappa shape index (κ1) is 13.4. The van der Waals surface area contributed by atoms with Crippen molar-refractivity contribution in [2.75, 3.05) is 17.6 Å². The maximum atomic E-state index is 13.4. The predicted molar refractivity (Wildman–Crippen MR) is 83.4 cm³/mol. The Hall–Kier alpha value is -0.550. The van der Waals surface area contributed by atoms with E-state index in [1.807, 2.05) is 6.07 Å². The SMILES string of the molecule is Fc1cc(NC2=NCC3(CCCC3)CS2)ccc1Br. The lowest BCUT2D eigenvalue weighted by Gasteiger charge is -2.31. The van der Waals surface area contributed by atoms with Gasteiger partial charge in [-0.1, -0.05) is 24.6 Å². The van der Waals surface area contributed by atoms with Crippen molar-refractivity contribution in [1.29, 1.82) is 0 Å². The van der Waals surface area contributed by atoms with Crippen LogP contribution in [0.4, 0.5) is 10.1 Å². The van der Waals surface area contributed by atoms with Gasteiger partial charge in [0.25, 0.3) is 0 Å². The van der Waals surface area contributed by atoms with Crippen LogP contribution in [0.3, 0.4) is 0 Å². The van der Waals surface area contributed by atoms with Crippen LogP contribution in [0.1, 0.15) is 25.7 Å². The van der Waals surface area contributed by atoms with Gasteiger partial charge in [0.05, 0.1) is 4.47 Å². The van der Waals surface area contributed by atoms with Crippen molar-refractivity contribution in [2.24, 2.45) is 10.4 Å². The Balaban J connectivity index is 1.67. The first-order valence-electron chi connectivity index (χ1n) is 6.56. The molecule has 5 heteroatoms. The summed E-state index contributed by atoms with van der Waals surface area (Å²) in [6.45, 7) is 0.918. The van der Waals surface area contributed by atoms with Crippen LogP contribution in [0.15, 0.2) is 27.7 Å². The summed E-state index contributed by atoms with van der Waals surface area (Å²) < 4.78 is 13.9. The summed E-state index contributed by atoms with van der Waals surface area (Å²) in [5.41, 5.74) is 1.20. The average molecular weight is 343 g/mol. The predicted octanol–water partition coefficient (Wildman–Crippen LogP) is 4.66. The number of benzene rings is 1. The van der Waals surface area contributed by atoms with Crippen molar-refractivity contribution in [1.82, 2.24) is 0 Å². The average Bonchev–Trinajstić information content (AvgIpc) is 2.86. The molecule has 0 atom stereocenters. The third-order valence-corrected chi connectivity index (χ3v) is 5.81. The Morgan fingerprint density at radius 1 is 1.32 bits per heavy atom. The van der Waals surface area contributed by atoms with Gasteiger partial charge in [0.15, 0.2) is 5.17 Å². The molecule has 1 aromatic rings. The second-order valence-electron chi connectivity index (χ2n) is 5.37. The largest absolute Gasteiger partial charge is 0.335 e. The molecule has 0 aromatic heterocycles. The van der Waals surface area contributed by atoms with Gasteiger partial charge < -0.3 is 5.32 Å².